The quantitative estimate of drug-likeness (QED) is 0.909. The number of β-amino-alcohol motifs (C(OH)–C–C–N with tert-alkyl or cyclic N) is 1. The summed E-state index contributed by atoms with van der Waals surface area (Å²) in [4.78, 5) is 14.0. The van der Waals surface area contributed by atoms with E-state index in [0.717, 1.165) is 36.0 Å². The number of fused-ring (bicyclic) bond motifs is 1. The van der Waals surface area contributed by atoms with Crippen molar-refractivity contribution in [1.29, 1.82) is 0 Å². The Morgan fingerprint density at radius 1 is 1.43 bits per heavy atom. The van der Waals surface area contributed by atoms with Gasteiger partial charge in [0.05, 0.1) is 18.2 Å². The third-order valence-corrected chi connectivity index (χ3v) is 4.25. The van der Waals surface area contributed by atoms with Gasteiger partial charge >= 0.3 is 6.03 Å². The summed E-state index contributed by atoms with van der Waals surface area (Å²) in [6, 6.07) is 7.78. The van der Waals surface area contributed by atoms with Gasteiger partial charge in [-0.05, 0) is 36.4 Å². The van der Waals surface area contributed by atoms with Crippen molar-refractivity contribution in [2.24, 2.45) is 0 Å². The van der Waals surface area contributed by atoms with Crippen molar-refractivity contribution in [2.75, 3.05) is 32.1 Å². The van der Waals surface area contributed by atoms with Crippen LogP contribution in [-0.2, 0) is 11.3 Å². The summed E-state index contributed by atoms with van der Waals surface area (Å²) in [7, 11) is 1.68. The molecular weight excluding hydrogens is 294 g/mol. The molecule has 1 fully saturated rings. The highest BCUT2D eigenvalue weighted by Gasteiger charge is 2.22. The average molecular weight is 317 g/mol. The molecule has 0 saturated carbocycles. The zero-order valence-electron chi connectivity index (χ0n) is 13.4. The highest BCUT2D eigenvalue weighted by Crippen LogP contribution is 2.21. The number of carbonyl (C=O) groups is 1. The molecule has 1 unspecified atom stereocenters. The van der Waals surface area contributed by atoms with Gasteiger partial charge in [-0.2, -0.15) is 0 Å². The van der Waals surface area contributed by atoms with Gasteiger partial charge in [0, 0.05) is 38.6 Å². The maximum absolute atomic E-state index is 12.3. The molecule has 0 spiro atoms. The second-order valence-corrected chi connectivity index (χ2v) is 5.95. The largest absolute Gasteiger partial charge is 0.391 e. The van der Waals surface area contributed by atoms with E-state index in [1.165, 1.54) is 0 Å². The molecule has 1 atom stereocenters. The molecule has 2 N–H and O–H groups in total. The van der Waals surface area contributed by atoms with Gasteiger partial charge in [-0.25, -0.2) is 4.79 Å². The van der Waals surface area contributed by atoms with E-state index in [9.17, 15) is 9.90 Å². The van der Waals surface area contributed by atoms with Crippen LogP contribution in [0.25, 0.3) is 10.9 Å². The molecule has 0 radical (unpaired) electrons. The summed E-state index contributed by atoms with van der Waals surface area (Å²) in [5.74, 6) is 0. The Bertz CT molecular complexity index is 683. The van der Waals surface area contributed by atoms with Crippen LogP contribution in [0.15, 0.2) is 30.5 Å². The highest BCUT2D eigenvalue weighted by atomic mass is 16.5. The van der Waals surface area contributed by atoms with Gasteiger partial charge in [-0.1, -0.05) is 6.07 Å². The van der Waals surface area contributed by atoms with Crippen LogP contribution in [0, 0.1) is 0 Å². The molecule has 6 heteroatoms. The first kappa shape index (κ1) is 15.8. The molecule has 23 heavy (non-hydrogen) atoms. The molecule has 2 heterocycles. The van der Waals surface area contributed by atoms with Crippen LogP contribution < -0.4 is 5.32 Å². The van der Waals surface area contributed by atoms with Crippen LogP contribution >= 0.6 is 0 Å². The molecule has 2 aromatic rings. The number of urea groups is 1. The number of hydrogen-bond acceptors (Lipinski definition) is 3. The van der Waals surface area contributed by atoms with Gasteiger partial charge in [0.1, 0.15) is 0 Å². The molecule has 1 aliphatic heterocycles. The van der Waals surface area contributed by atoms with Gasteiger partial charge in [-0.3, -0.25) is 0 Å². The third-order valence-electron chi connectivity index (χ3n) is 4.25. The molecule has 0 aliphatic carbocycles. The zero-order chi connectivity index (χ0) is 16.2. The van der Waals surface area contributed by atoms with Crippen LogP contribution in [0.5, 0.6) is 0 Å². The van der Waals surface area contributed by atoms with Crippen molar-refractivity contribution in [3.8, 4) is 0 Å². The molecule has 0 bridgehead atoms. The first-order valence-corrected chi connectivity index (χ1v) is 7.99. The minimum Gasteiger partial charge on any atom is -0.391 e. The van der Waals surface area contributed by atoms with Crippen LogP contribution in [0.2, 0.25) is 0 Å². The lowest BCUT2D eigenvalue weighted by Crippen LogP contribution is -2.44. The number of nitrogens with one attached hydrogen (secondary N) is 1. The number of ether oxygens (including phenoxy) is 1. The SMILES string of the molecule is COCCn1ccc2ccc(NC(=O)N3CCCC(O)C3)cc21. The minimum atomic E-state index is -0.414. The minimum absolute atomic E-state index is 0.155. The highest BCUT2D eigenvalue weighted by molar-refractivity contribution is 5.93. The van der Waals surface area contributed by atoms with E-state index in [-0.39, 0.29) is 6.03 Å². The number of aliphatic hydroxyl groups excluding tert-OH is 1. The standard InChI is InChI=1S/C17H23N3O3/c1-23-10-9-19-8-6-13-4-5-14(11-16(13)19)18-17(22)20-7-2-3-15(21)12-20/h4-6,8,11,15,21H,2-3,7,9-10,12H2,1H3,(H,18,22). The number of aromatic nitrogens is 1. The topological polar surface area (TPSA) is 66.7 Å². The monoisotopic (exact) mass is 317 g/mol. The number of anilines is 1. The van der Waals surface area contributed by atoms with E-state index < -0.39 is 6.10 Å². The lowest BCUT2D eigenvalue weighted by Gasteiger charge is -2.30. The fourth-order valence-electron chi connectivity index (χ4n) is 2.99. The Morgan fingerprint density at radius 3 is 3.09 bits per heavy atom. The van der Waals surface area contributed by atoms with E-state index in [1.807, 2.05) is 24.4 Å². The van der Waals surface area contributed by atoms with Gasteiger partial charge in [-0.15, -0.1) is 0 Å². The molecular formula is C17H23N3O3. The predicted molar refractivity (Wildman–Crippen MR) is 89.6 cm³/mol. The summed E-state index contributed by atoms with van der Waals surface area (Å²) in [5.41, 5.74) is 1.83. The number of piperidine rings is 1. The average Bonchev–Trinajstić information content (AvgIpc) is 2.95. The molecule has 2 amide bonds. The van der Waals surface area contributed by atoms with Crippen molar-refractivity contribution in [3.63, 3.8) is 0 Å². The molecule has 1 saturated heterocycles. The van der Waals surface area contributed by atoms with E-state index in [1.54, 1.807) is 12.0 Å². The molecule has 1 aliphatic rings. The number of nitrogens with zero attached hydrogens (tertiary/aromatic N) is 2. The second kappa shape index (κ2) is 7.02. The number of benzene rings is 1. The number of aliphatic hydroxyl groups is 1. The lowest BCUT2D eigenvalue weighted by molar-refractivity contribution is 0.0883. The fraction of sp³-hybridized carbons (Fsp3) is 0.471. The summed E-state index contributed by atoms with van der Waals surface area (Å²) in [5, 5.41) is 13.8. The first-order chi connectivity index (χ1) is 11.2. The molecule has 3 rings (SSSR count). The number of methoxy groups -OCH3 is 1. The Labute approximate surface area is 135 Å². The summed E-state index contributed by atoms with van der Waals surface area (Å²) in [6.07, 6.45) is 3.22. The maximum atomic E-state index is 12.3. The second-order valence-electron chi connectivity index (χ2n) is 5.95. The molecule has 1 aromatic heterocycles. The van der Waals surface area contributed by atoms with Crippen molar-refractivity contribution < 1.29 is 14.6 Å². The van der Waals surface area contributed by atoms with Gasteiger partial charge in [0.25, 0.3) is 0 Å². The van der Waals surface area contributed by atoms with Crippen LogP contribution in [0.1, 0.15) is 12.8 Å². The molecule has 124 valence electrons. The van der Waals surface area contributed by atoms with Crippen molar-refractivity contribution in [2.45, 2.75) is 25.5 Å². The molecule has 6 nitrogen and oxygen atoms in total. The molecule has 1 aromatic carbocycles. The lowest BCUT2D eigenvalue weighted by atomic mass is 10.1. The number of amides is 2. The van der Waals surface area contributed by atoms with Crippen LogP contribution in [0.4, 0.5) is 10.5 Å². The fourth-order valence-corrected chi connectivity index (χ4v) is 2.99. The first-order valence-electron chi connectivity index (χ1n) is 7.99. The van der Waals surface area contributed by atoms with Crippen LogP contribution in [-0.4, -0.2) is 53.5 Å². The smallest absolute Gasteiger partial charge is 0.321 e. The Kier molecular flexibility index (Phi) is 4.83. The van der Waals surface area contributed by atoms with Crippen LogP contribution in [0.3, 0.4) is 0 Å². The normalized spacial score (nSPS) is 18.3. The Balaban J connectivity index is 1.73. The van der Waals surface area contributed by atoms with E-state index in [2.05, 4.69) is 16.0 Å². The summed E-state index contributed by atoms with van der Waals surface area (Å²) < 4.78 is 7.24. The van der Waals surface area contributed by atoms with Gasteiger partial charge < -0.3 is 24.6 Å². The van der Waals surface area contributed by atoms with E-state index >= 15 is 0 Å². The number of carbonyl (C=O) groups excluding carboxylic acids is 1. The van der Waals surface area contributed by atoms with E-state index in [4.69, 9.17) is 4.74 Å². The zero-order valence-corrected chi connectivity index (χ0v) is 13.4. The number of likely N-dealkylation sites (tertiary alicyclic amines) is 1. The Hall–Kier alpha value is -2.05. The van der Waals surface area contributed by atoms with Gasteiger partial charge in [0.2, 0.25) is 0 Å². The van der Waals surface area contributed by atoms with Crippen molar-refractivity contribution in [3.05, 3.63) is 30.5 Å². The summed E-state index contributed by atoms with van der Waals surface area (Å²) in [6.45, 7) is 2.51. The van der Waals surface area contributed by atoms with Crippen molar-refractivity contribution in [1.82, 2.24) is 9.47 Å². The predicted octanol–water partition coefficient (Wildman–Crippen LogP) is 2.28. The third kappa shape index (κ3) is 3.65. The Morgan fingerprint density at radius 2 is 2.30 bits per heavy atom. The van der Waals surface area contributed by atoms with E-state index in [0.29, 0.717) is 19.7 Å². The number of rotatable bonds is 4. The van der Waals surface area contributed by atoms with Gasteiger partial charge in [0.15, 0.2) is 0 Å². The summed E-state index contributed by atoms with van der Waals surface area (Å²) >= 11 is 0. The number of hydrogen-bond donors (Lipinski definition) is 2. The van der Waals surface area contributed by atoms with Crippen molar-refractivity contribution >= 4 is 22.6 Å². The maximum Gasteiger partial charge on any atom is 0.321 e.